The molecule has 1 amide bonds. The van der Waals surface area contributed by atoms with Crippen molar-refractivity contribution in [2.24, 2.45) is 0 Å². The van der Waals surface area contributed by atoms with Crippen LogP contribution in [-0.2, 0) is 20.5 Å². The molecule has 0 bridgehead atoms. The zero-order chi connectivity index (χ0) is 24.9. The van der Waals surface area contributed by atoms with Crippen LogP contribution in [0, 0.1) is 0 Å². The van der Waals surface area contributed by atoms with Gasteiger partial charge in [-0.15, -0.1) is 0 Å². The Morgan fingerprint density at radius 3 is 2.29 bits per heavy atom. The monoisotopic (exact) mass is 499 g/mol. The minimum Gasteiger partial charge on any atom is -0.482 e. The van der Waals surface area contributed by atoms with Gasteiger partial charge in [0.15, 0.2) is 13.2 Å². The number of hydrogen-bond donors (Lipinski definition) is 0. The summed E-state index contributed by atoms with van der Waals surface area (Å²) in [5.41, 5.74) is 0.227. The van der Waals surface area contributed by atoms with Crippen LogP contribution in [0.2, 0.25) is 5.02 Å². The van der Waals surface area contributed by atoms with Gasteiger partial charge in [-0.25, -0.2) is 9.78 Å². The molecule has 0 unspecified atom stereocenters. The molecule has 0 radical (unpaired) electrons. The Morgan fingerprint density at radius 2 is 1.74 bits per heavy atom. The number of piperazine rings is 1. The van der Waals surface area contributed by atoms with Crippen LogP contribution < -0.4 is 9.64 Å². The summed E-state index contributed by atoms with van der Waals surface area (Å²) >= 11 is 5.99. The van der Waals surface area contributed by atoms with E-state index >= 15 is 0 Å². The Kier molecular flexibility index (Phi) is 8.24. The molecule has 0 aliphatic carbocycles. The molecule has 1 fully saturated rings. The third kappa shape index (κ3) is 6.75. The average Bonchev–Trinajstić information content (AvgIpc) is 2.81. The van der Waals surface area contributed by atoms with Crippen LogP contribution in [0.15, 0.2) is 36.5 Å². The molecule has 0 spiro atoms. The van der Waals surface area contributed by atoms with Gasteiger partial charge in [-0.05, 0) is 29.7 Å². The zero-order valence-corrected chi connectivity index (χ0v) is 19.5. The maximum absolute atomic E-state index is 12.8. The van der Waals surface area contributed by atoms with E-state index in [0.29, 0.717) is 24.8 Å². The van der Waals surface area contributed by atoms with Gasteiger partial charge >= 0.3 is 12.1 Å². The van der Waals surface area contributed by atoms with Gasteiger partial charge in [0.05, 0.1) is 10.6 Å². The molecule has 0 saturated carbocycles. The molecule has 0 N–H and O–H groups in total. The number of hydrogen-bond acceptors (Lipinski definition) is 6. The highest BCUT2D eigenvalue weighted by atomic mass is 35.5. The van der Waals surface area contributed by atoms with Crippen LogP contribution in [-0.4, -0.2) is 61.2 Å². The van der Waals surface area contributed by atoms with Crippen molar-refractivity contribution in [2.75, 3.05) is 44.3 Å². The van der Waals surface area contributed by atoms with Crippen LogP contribution in [0.5, 0.6) is 5.75 Å². The SMILES string of the molecule is CC(C)c1ccc(OCC(=O)OCC(=O)N2CCN(c3ncc(C(F)(F)F)cc3Cl)CC2)cc1. The molecule has 34 heavy (non-hydrogen) atoms. The molecule has 2 heterocycles. The number of amides is 1. The van der Waals surface area contributed by atoms with Crippen molar-refractivity contribution in [2.45, 2.75) is 25.9 Å². The summed E-state index contributed by atoms with van der Waals surface area (Å²) in [6, 6.07) is 8.21. The lowest BCUT2D eigenvalue weighted by molar-refractivity contribution is -0.153. The quantitative estimate of drug-likeness (QED) is 0.533. The maximum atomic E-state index is 12.8. The minimum absolute atomic E-state index is 0.109. The standard InChI is InChI=1S/C23H25ClF3N3O4/c1-15(2)16-3-5-18(6-4-16)33-14-21(32)34-13-20(31)29-7-9-30(10-8-29)22-19(24)11-17(12-28-22)23(25,26)27/h3-6,11-12,15H,7-10,13-14H2,1-2H3. The topological polar surface area (TPSA) is 72.0 Å². The highest BCUT2D eigenvalue weighted by molar-refractivity contribution is 6.33. The molecule has 3 rings (SSSR count). The predicted octanol–water partition coefficient (Wildman–Crippen LogP) is 4.15. The lowest BCUT2D eigenvalue weighted by Gasteiger charge is -2.35. The molecule has 7 nitrogen and oxygen atoms in total. The first-order valence-corrected chi connectivity index (χ1v) is 11.1. The van der Waals surface area contributed by atoms with Crippen molar-refractivity contribution < 1.29 is 32.2 Å². The summed E-state index contributed by atoms with van der Waals surface area (Å²) in [5, 5.41) is -0.109. The number of nitrogens with zero attached hydrogens (tertiary/aromatic N) is 3. The highest BCUT2D eigenvalue weighted by Gasteiger charge is 2.32. The third-order valence-corrected chi connectivity index (χ3v) is 5.62. The number of esters is 1. The molecule has 2 aromatic rings. The zero-order valence-electron chi connectivity index (χ0n) is 18.8. The minimum atomic E-state index is -4.53. The summed E-state index contributed by atoms with van der Waals surface area (Å²) in [4.78, 5) is 31.3. The van der Waals surface area contributed by atoms with Crippen LogP contribution in [0.4, 0.5) is 19.0 Å². The second kappa shape index (κ2) is 10.9. The van der Waals surface area contributed by atoms with E-state index in [-0.39, 0.29) is 36.4 Å². The molecular weight excluding hydrogens is 475 g/mol. The Morgan fingerprint density at radius 1 is 1.09 bits per heavy atom. The smallest absolute Gasteiger partial charge is 0.417 e. The number of halogens is 4. The molecule has 0 atom stereocenters. The average molecular weight is 500 g/mol. The summed E-state index contributed by atoms with van der Waals surface area (Å²) < 4.78 is 48.8. The van der Waals surface area contributed by atoms with Crippen LogP contribution in [0.1, 0.15) is 30.9 Å². The molecule has 184 valence electrons. The van der Waals surface area contributed by atoms with Gasteiger partial charge in [0, 0.05) is 32.4 Å². The fourth-order valence-corrected chi connectivity index (χ4v) is 3.64. The van der Waals surface area contributed by atoms with Gasteiger partial charge in [-0.3, -0.25) is 4.79 Å². The fourth-order valence-electron chi connectivity index (χ4n) is 3.35. The number of carbonyl (C=O) groups excluding carboxylic acids is 2. The van der Waals surface area contributed by atoms with Crippen LogP contribution in [0.3, 0.4) is 0 Å². The van der Waals surface area contributed by atoms with Gasteiger partial charge in [0.25, 0.3) is 5.91 Å². The number of alkyl halides is 3. The summed E-state index contributed by atoms with van der Waals surface area (Å²) in [7, 11) is 0. The molecule has 11 heteroatoms. The highest BCUT2D eigenvalue weighted by Crippen LogP contribution is 2.33. The molecular formula is C23H25ClF3N3O4. The van der Waals surface area contributed by atoms with Gasteiger partial charge < -0.3 is 19.3 Å². The lowest BCUT2D eigenvalue weighted by Crippen LogP contribution is -2.50. The fraction of sp³-hybridized carbons (Fsp3) is 0.435. The van der Waals surface area contributed by atoms with E-state index in [0.717, 1.165) is 17.8 Å². The Balaban J connectivity index is 1.42. The van der Waals surface area contributed by atoms with E-state index in [9.17, 15) is 22.8 Å². The van der Waals surface area contributed by atoms with Gasteiger partial charge in [-0.1, -0.05) is 37.6 Å². The summed E-state index contributed by atoms with van der Waals surface area (Å²) in [5.74, 6) is 0.0996. The van der Waals surface area contributed by atoms with Gasteiger partial charge in [-0.2, -0.15) is 13.2 Å². The first-order valence-electron chi connectivity index (χ1n) is 10.7. The Hall–Kier alpha value is -3.01. The Bertz CT molecular complexity index is 1010. The predicted molar refractivity (Wildman–Crippen MR) is 120 cm³/mol. The van der Waals surface area contributed by atoms with Crippen molar-refractivity contribution >= 4 is 29.3 Å². The number of pyridine rings is 1. The largest absolute Gasteiger partial charge is 0.482 e. The van der Waals surface area contributed by atoms with E-state index in [1.54, 1.807) is 17.0 Å². The maximum Gasteiger partial charge on any atom is 0.417 e. The lowest BCUT2D eigenvalue weighted by atomic mass is 10.0. The first kappa shape index (κ1) is 25.6. The number of anilines is 1. The van der Waals surface area contributed by atoms with Gasteiger partial charge in [0.2, 0.25) is 0 Å². The van der Waals surface area contributed by atoms with Crippen molar-refractivity contribution in [1.82, 2.24) is 9.88 Å². The van der Waals surface area contributed by atoms with Crippen molar-refractivity contribution in [3.8, 4) is 5.75 Å². The van der Waals surface area contributed by atoms with Crippen LogP contribution in [0.25, 0.3) is 0 Å². The first-order chi connectivity index (χ1) is 16.0. The molecule has 1 aliphatic rings. The normalized spacial score (nSPS) is 14.3. The number of carbonyl (C=O) groups is 2. The molecule has 1 aromatic carbocycles. The van der Waals surface area contributed by atoms with E-state index in [1.807, 2.05) is 12.1 Å². The summed E-state index contributed by atoms with van der Waals surface area (Å²) in [6.07, 6.45) is -3.79. The van der Waals surface area contributed by atoms with E-state index in [2.05, 4.69) is 18.8 Å². The number of benzene rings is 1. The second-order valence-electron chi connectivity index (χ2n) is 8.07. The summed E-state index contributed by atoms with van der Waals surface area (Å²) in [6.45, 7) is 4.63. The number of rotatable bonds is 7. The molecule has 1 saturated heterocycles. The van der Waals surface area contributed by atoms with Crippen LogP contribution >= 0.6 is 11.6 Å². The number of aromatic nitrogens is 1. The van der Waals surface area contributed by atoms with E-state index in [1.165, 1.54) is 4.90 Å². The third-order valence-electron chi connectivity index (χ3n) is 5.34. The molecule has 1 aromatic heterocycles. The van der Waals surface area contributed by atoms with E-state index in [4.69, 9.17) is 21.1 Å². The van der Waals surface area contributed by atoms with Gasteiger partial charge in [0.1, 0.15) is 11.6 Å². The van der Waals surface area contributed by atoms with Crippen molar-refractivity contribution in [1.29, 1.82) is 0 Å². The van der Waals surface area contributed by atoms with E-state index < -0.39 is 24.3 Å². The molecule has 1 aliphatic heterocycles. The van der Waals surface area contributed by atoms with Crippen molar-refractivity contribution in [3.05, 3.63) is 52.7 Å². The number of ether oxygens (including phenoxy) is 2. The second-order valence-corrected chi connectivity index (χ2v) is 8.48. The van der Waals surface area contributed by atoms with Crippen molar-refractivity contribution in [3.63, 3.8) is 0 Å². The Labute approximate surface area is 200 Å².